The third kappa shape index (κ3) is 9.36. The molecule has 114 valence electrons. The highest BCUT2D eigenvalue weighted by Crippen LogP contribution is 2.19. The second-order valence-corrected chi connectivity index (χ2v) is 4.52. The Kier molecular flexibility index (Phi) is 10.4. The monoisotopic (exact) mass is 282 g/mol. The molecule has 0 heterocycles. The van der Waals surface area contributed by atoms with E-state index in [9.17, 15) is 9.59 Å². The van der Waals surface area contributed by atoms with Crippen molar-refractivity contribution >= 4 is 11.9 Å². The SMILES string of the molecule is C=C(CCCC(=O)OCC)C(=C)CCCC(=O)OCC. The van der Waals surface area contributed by atoms with Crippen molar-refractivity contribution in [3.63, 3.8) is 0 Å². The lowest BCUT2D eigenvalue weighted by molar-refractivity contribution is -0.144. The maximum atomic E-state index is 11.2. The molecule has 0 spiro atoms. The summed E-state index contributed by atoms with van der Waals surface area (Å²) < 4.78 is 9.71. The van der Waals surface area contributed by atoms with E-state index in [-0.39, 0.29) is 11.9 Å². The maximum Gasteiger partial charge on any atom is 0.305 e. The summed E-state index contributed by atoms with van der Waals surface area (Å²) in [6.07, 6.45) is 3.71. The highest BCUT2D eigenvalue weighted by Gasteiger charge is 2.06. The van der Waals surface area contributed by atoms with Crippen molar-refractivity contribution in [1.29, 1.82) is 0 Å². The molecule has 0 aliphatic heterocycles. The minimum Gasteiger partial charge on any atom is -0.466 e. The summed E-state index contributed by atoms with van der Waals surface area (Å²) in [5.74, 6) is -0.346. The van der Waals surface area contributed by atoms with Crippen molar-refractivity contribution in [2.45, 2.75) is 52.4 Å². The van der Waals surface area contributed by atoms with Crippen molar-refractivity contribution in [1.82, 2.24) is 0 Å². The zero-order valence-electron chi connectivity index (χ0n) is 12.7. The van der Waals surface area contributed by atoms with Gasteiger partial charge >= 0.3 is 11.9 Å². The summed E-state index contributed by atoms with van der Waals surface area (Å²) in [5, 5.41) is 0. The second kappa shape index (κ2) is 11.3. The van der Waals surface area contributed by atoms with Gasteiger partial charge in [0.15, 0.2) is 0 Å². The standard InChI is InChI=1S/C16H26O4/c1-5-19-15(17)11-7-9-13(3)14(4)10-8-12-16(18)20-6-2/h3-12H2,1-2H3. The van der Waals surface area contributed by atoms with Crippen molar-refractivity contribution in [2.24, 2.45) is 0 Å². The Hall–Kier alpha value is -1.58. The molecule has 0 aromatic carbocycles. The van der Waals surface area contributed by atoms with Gasteiger partial charge in [0.25, 0.3) is 0 Å². The smallest absolute Gasteiger partial charge is 0.305 e. The van der Waals surface area contributed by atoms with Crippen LogP contribution in [0.3, 0.4) is 0 Å². The van der Waals surface area contributed by atoms with Crippen LogP contribution in [0.1, 0.15) is 52.4 Å². The Morgan fingerprint density at radius 3 is 1.40 bits per heavy atom. The fourth-order valence-electron chi connectivity index (χ4n) is 1.71. The topological polar surface area (TPSA) is 52.6 Å². The third-order valence-corrected chi connectivity index (χ3v) is 2.83. The summed E-state index contributed by atoms with van der Waals surface area (Å²) in [4.78, 5) is 22.4. The predicted molar refractivity (Wildman–Crippen MR) is 79.2 cm³/mol. The summed E-state index contributed by atoms with van der Waals surface area (Å²) in [6, 6.07) is 0. The highest BCUT2D eigenvalue weighted by atomic mass is 16.5. The number of allylic oxidation sites excluding steroid dienone is 2. The van der Waals surface area contributed by atoms with Crippen LogP contribution in [0.5, 0.6) is 0 Å². The molecule has 0 bridgehead atoms. The Labute approximate surface area is 121 Å². The molecule has 0 aromatic rings. The molecule has 0 radical (unpaired) electrons. The maximum absolute atomic E-state index is 11.2. The molecule has 0 unspecified atom stereocenters. The first kappa shape index (κ1) is 18.4. The molecule has 0 atom stereocenters. The molecule has 0 saturated carbocycles. The number of carbonyl (C=O) groups excluding carboxylic acids is 2. The van der Waals surface area contributed by atoms with E-state index >= 15 is 0 Å². The summed E-state index contributed by atoms with van der Waals surface area (Å²) in [7, 11) is 0. The van der Waals surface area contributed by atoms with E-state index < -0.39 is 0 Å². The first-order chi connectivity index (χ1) is 9.51. The van der Waals surface area contributed by atoms with Gasteiger partial charge in [-0.2, -0.15) is 0 Å². The molecule has 0 aliphatic rings. The van der Waals surface area contributed by atoms with Crippen LogP contribution in [0, 0.1) is 0 Å². The van der Waals surface area contributed by atoms with Crippen LogP contribution in [0.2, 0.25) is 0 Å². The van der Waals surface area contributed by atoms with Gasteiger partial charge in [-0.3, -0.25) is 9.59 Å². The van der Waals surface area contributed by atoms with Crippen molar-refractivity contribution in [3.05, 3.63) is 24.3 Å². The van der Waals surface area contributed by atoms with Crippen LogP contribution in [-0.4, -0.2) is 25.2 Å². The van der Waals surface area contributed by atoms with E-state index in [0.29, 0.717) is 38.9 Å². The fourth-order valence-corrected chi connectivity index (χ4v) is 1.71. The average molecular weight is 282 g/mol. The average Bonchev–Trinajstić information content (AvgIpc) is 2.39. The Morgan fingerprint density at radius 1 is 0.750 bits per heavy atom. The number of esters is 2. The highest BCUT2D eigenvalue weighted by molar-refractivity contribution is 5.69. The third-order valence-electron chi connectivity index (χ3n) is 2.83. The van der Waals surface area contributed by atoms with Crippen LogP contribution in [0.25, 0.3) is 0 Å². The van der Waals surface area contributed by atoms with Gasteiger partial charge in [0.1, 0.15) is 0 Å². The van der Waals surface area contributed by atoms with E-state index in [2.05, 4.69) is 13.2 Å². The van der Waals surface area contributed by atoms with Gasteiger partial charge in [0, 0.05) is 12.8 Å². The van der Waals surface area contributed by atoms with Crippen molar-refractivity contribution in [2.75, 3.05) is 13.2 Å². The minimum atomic E-state index is -0.173. The van der Waals surface area contributed by atoms with Crippen LogP contribution in [-0.2, 0) is 19.1 Å². The van der Waals surface area contributed by atoms with Crippen LogP contribution >= 0.6 is 0 Å². The molecule has 0 saturated heterocycles. The summed E-state index contributed by atoms with van der Waals surface area (Å²) in [5.41, 5.74) is 1.89. The molecule has 0 rings (SSSR count). The van der Waals surface area contributed by atoms with Gasteiger partial charge in [-0.1, -0.05) is 24.3 Å². The first-order valence-corrected chi connectivity index (χ1v) is 7.18. The van der Waals surface area contributed by atoms with Crippen LogP contribution in [0.15, 0.2) is 24.3 Å². The molecule has 4 heteroatoms. The lowest BCUT2D eigenvalue weighted by atomic mass is 9.99. The van der Waals surface area contributed by atoms with Crippen LogP contribution in [0.4, 0.5) is 0 Å². The molecule has 0 amide bonds. The summed E-state index contributed by atoms with van der Waals surface area (Å²) in [6.45, 7) is 12.3. The number of carbonyl (C=O) groups is 2. The van der Waals surface area contributed by atoms with Gasteiger partial charge in [0.2, 0.25) is 0 Å². The Morgan fingerprint density at radius 2 is 1.10 bits per heavy atom. The van der Waals surface area contributed by atoms with Crippen molar-refractivity contribution in [3.8, 4) is 0 Å². The van der Waals surface area contributed by atoms with Crippen LogP contribution < -0.4 is 0 Å². The number of hydrogen-bond acceptors (Lipinski definition) is 4. The molecular formula is C16H26O4. The quantitative estimate of drug-likeness (QED) is 0.429. The lowest BCUT2D eigenvalue weighted by Crippen LogP contribution is -2.04. The van der Waals surface area contributed by atoms with E-state index in [1.807, 2.05) is 0 Å². The molecule has 4 nitrogen and oxygen atoms in total. The van der Waals surface area contributed by atoms with Gasteiger partial charge in [0.05, 0.1) is 13.2 Å². The normalized spacial score (nSPS) is 9.90. The molecule has 0 N–H and O–H groups in total. The van der Waals surface area contributed by atoms with Crippen molar-refractivity contribution < 1.29 is 19.1 Å². The van der Waals surface area contributed by atoms with Gasteiger partial charge in [-0.15, -0.1) is 0 Å². The molecule has 20 heavy (non-hydrogen) atoms. The van der Waals surface area contributed by atoms with E-state index in [1.54, 1.807) is 13.8 Å². The predicted octanol–water partition coefficient (Wildman–Crippen LogP) is 3.57. The lowest BCUT2D eigenvalue weighted by Gasteiger charge is -2.09. The van der Waals surface area contributed by atoms with E-state index in [1.165, 1.54) is 0 Å². The van der Waals surface area contributed by atoms with E-state index in [4.69, 9.17) is 9.47 Å². The first-order valence-electron chi connectivity index (χ1n) is 7.18. The largest absolute Gasteiger partial charge is 0.466 e. The van der Waals surface area contributed by atoms with Gasteiger partial charge in [-0.25, -0.2) is 0 Å². The molecule has 0 fully saturated rings. The van der Waals surface area contributed by atoms with Gasteiger partial charge < -0.3 is 9.47 Å². The summed E-state index contributed by atoms with van der Waals surface area (Å²) >= 11 is 0. The Balaban J connectivity index is 3.74. The number of hydrogen-bond donors (Lipinski definition) is 0. The zero-order chi connectivity index (χ0) is 15.4. The second-order valence-electron chi connectivity index (χ2n) is 4.52. The molecular weight excluding hydrogens is 256 g/mol. The van der Waals surface area contributed by atoms with E-state index in [0.717, 1.165) is 24.0 Å². The number of ether oxygens (including phenoxy) is 2. The Bertz CT molecular complexity index is 310. The molecule has 0 aromatic heterocycles. The fraction of sp³-hybridized carbons (Fsp3) is 0.625. The minimum absolute atomic E-state index is 0.173. The van der Waals surface area contributed by atoms with Gasteiger partial charge in [-0.05, 0) is 39.5 Å². The number of rotatable bonds is 11. The molecule has 0 aliphatic carbocycles. The zero-order valence-corrected chi connectivity index (χ0v) is 12.7.